The van der Waals surface area contributed by atoms with Crippen molar-refractivity contribution >= 4 is 6.29 Å². The first-order chi connectivity index (χ1) is 5.09. The number of nitrogens with two attached hydrogens (primary N) is 1. The Morgan fingerprint density at radius 3 is 2.55 bits per heavy atom. The molecule has 0 aromatic heterocycles. The molecule has 2 heteroatoms. The maximum atomic E-state index is 10.0. The van der Waals surface area contributed by atoms with Crippen LogP contribution in [0.2, 0.25) is 0 Å². The molecule has 0 aliphatic heterocycles. The third-order valence-electron chi connectivity index (χ3n) is 1.81. The van der Waals surface area contributed by atoms with Gasteiger partial charge in [0.25, 0.3) is 0 Å². The molecule has 0 radical (unpaired) electrons. The Kier molecular flexibility index (Phi) is 4.79. The van der Waals surface area contributed by atoms with Gasteiger partial charge >= 0.3 is 0 Å². The summed E-state index contributed by atoms with van der Waals surface area (Å²) in [6.45, 7) is 7.98. The maximum Gasteiger partial charge on any atom is 0.120 e. The van der Waals surface area contributed by atoms with Gasteiger partial charge in [0.1, 0.15) is 6.29 Å². The highest BCUT2D eigenvalue weighted by atomic mass is 16.1. The van der Waals surface area contributed by atoms with E-state index >= 15 is 0 Å². The summed E-state index contributed by atoms with van der Waals surface area (Å²) >= 11 is 0. The van der Waals surface area contributed by atoms with Gasteiger partial charge in [0.2, 0.25) is 0 Å². The van der Waals surface area contributed by atoms with Crippen LogP contribution in [0.4, 0.5) is 0 Å². The van der Waals surface area contributed by atoms with Gasteiger partial charge in [0.15, 0.2) is 0 Å². The molecule has 0 fully saturated rings. The lowest BCUT2D eigenvalue weighted by molar-refractivity contribution is -0.107. The first-order valence-corrected chi connectivity index (χ1v) is 3.97. The van der Waals surface area contributed by atoms with Crippen LogP contribution in [0.25, 0.3) is 0 Å². The molecule has 0 bridgehead atoms. The van der Waals surface area contributed by atoms with Crippen LogP contribution in [0.1, 0.15) is 26.7 Å². The summed E-state index contributed by atoms with van der Waals surface area (Å²) in [5.41, 5.74) is 6.78. The van der Waals surface area contributed by atoms with E-state index in [1.165, 1.54) is 0 Å². The number of aldehydes is 1. The fourth-order valence-corrected chi connectivity index (χ4v) is 0.861. The van der Waals surface area contributed by atoms with Gasteiger partial charge in [-0.1, -0.05) is 26.0 Å². The third-order valence-corrected chi connectivity index (χ3v) is 1.81. The predicted octanol–water partition coefficient (Wildman–Crippen LogP) is 1.50. The molecule has 1 atom stereocenters. The van der Waals surface area contributed by atoms with Crippen molar-refractivity contribution < 1.29 is 4.79 Å². The minimum atomic E-state index is -0.0137. The van der Waals surface area contributed by atoms with Crippen LogP contribution in [0.15, 0.2) is 12.2 Å². The van der Waals surface area contributed by atoms with Gasteiger partial charge in [-0.15, -0.1) is 0 Å². The van der Waals surface area contributed by atoms with Gasteiger partial charge in [-0.05, 0) is 12.3 Å². The van der Waals surface area contributed by atoms with E-state index in [0.717, 1.165) is 18.3 Å². The van der Waals surface area contributed by atoms with Gasteiger partial charge in [-0.25, -0.2) is 0 Å². The molecule has 64 valence electrons. The monoisotopic (exact) mass is 155 g/mol. The second-order valence-corrected chi connectivity index (χ2v) is 3.08. The summed E-state index contributed by atoms with van der Waals surface area (Å²) in [7, 11) is 0. The number of carbonyl (C=O) groups is 1. The van der Waals surface area contributed by atoms with Crippen LogP contribution in [0.5, 0.6) is 0 Å². The zero-order valence-electron chi connectivity index (χ0n) is 7.34. The summed E-state index contributed by atoms with van der Waals surface area (Å²) in [5, 5.41) is 0. The molecule has 0 aliphatic carbocycles. The molecular weight excluding hydrogens is 138 g/mol. The second kappa shape index (κ2) is 5.08. The van der Waals surface area contributed by atoms with Crippen molar-refractivity contribution in [1.82, 2.24) is 0 Å². The first-order valence-electron chi connectivity index (χ1n) is 3.97. The number of rotatable bonds is 5. The highest BCUT2D eigenvalue weighted by Gasteiger charge is 2.09. The van der Waals surface area contributed by atoms with Crippen molar-refractivity contribution in [3.8, 4) is 0 Å². The molecule has 0 saturated carbocycles. The standard InChI is InChI=1S/C9H17NO/c1-7(2)8(3)9(10)5-4-6-11/h6-7,9H,3-5,10H2,1-2H3. The largest absolute Gasteiger partial charge is 0.324 e. The first kappa shape index (κ1) is 10.4. The molecule has 0 aliphatic rings. The van der Waals surface area contributed by atoms with Gasteiger partial charge in [0, 0.05) is 12.5 Å². The van der Waals surface area contributed by atoms with E-state index < -0.39 is 0 Å². The smallest absolute Gasteiger partial charge is 0.120 e. The molecule has 0 saturated heterocycles. The minimum Gasteiger partial charge on any atom is -0.324 e. The molecule has 0 aromatic carbocycles. The average Bonchev–Trinajstić information content (AvgIpc) is 1.98. The van der Waals surface area contributed by atoms with E-state index in [9.17, 15) is 4.79 Å². The summed E-state index contributed by atoms with van der Waals surface area (Å²) < 4.78 is 0. The second-order valence-electron chi connectivity index (χ2n) is 3.08. The minimum absolute atomic E-state index is 0.0137. The lowest BCUT2D eigenvalue weighted by Crippen LogP contribution is -2.24. The van der Waals surface area contributed by atoms with Gasteiger partial charge in [0.05, 0.1) is 0 Å². The van der Waals surface area contributed by atoms with E-state index in [1.54, 1.807) is 0 Å². The molecule has 0 aromatic rings. The van der Waals surface area contributed by atoms with Gasteiger partial charge in [-0.3, -0.25) is 0 Å². The Hall–Kier alpha value is -0.630. The quantitative estimate of drug-likeness (QED) is 0.483. The molecule has 11 heavy (non-hydrogen) atoms. The Balaban J connectivity index is 3.73. The van der Waals surface area contributed by atoms with E-state index in [2.05, 4.69) is 20.4 Å². The van der Waals surface area contributed by atoms with Crippen LogP contribution >= 0.6 is 0 Å². The fraction of sp³-hybridized carbons (Fsp3) is 0.667. The van der Waals surface area contributed by atoms with Crippen molar-refractivity contribution in [2.45, 2.75) is 32.7 Å². The SMILES string of the molecule is C=C(C(C)C)C(N)CCC=O. The zero-order valence-corrected chi connectivity index (χ0v) is 7.34. The van der Waals surface area contributed by atoms with Crippen molar-refractivity contribution in [3.05, 3.63) is 12.2 Å². The Labute approximate surface area is 68.5 Å². The van der Waals surface area contributed by atoms with E-state index in [-0.39, 0.29) is 6.04 Å². The number of carbonyl (C=O) groups excluding carboxylic acids is 1. The lowest BCUT2D eigenvalue weighted by atomic mass is 9.95. The van der Waals surface area contributed by atoms with E-state index in [1.807, 2.05) is 0 Å². The molecule has 0 rings (SSSR count). The number of hydrogen-bond acceptors (Lipinski definition) is 2. The van der Waals surface area contributed by atoms with Crippen molar-refractivity contribution in [2.24, 2.45) is 11.7 Å². The summed E-state index contributed by atoms with van der Waals surface area (Å²) in [4.78, 5) is 10.0. The number of hydrogen-bond donors (Lipinski definition) is 1. The third kappa shape index (κ3) is 3.94. The topological polar surface area (TPSA) is 43.1 Å². The molecule has 2 N–H and O–H groups in total. The highest BCUT2D eigenvalue weighted by Crippen LogP contribution is 2.12. The van der Waals surface area contributed by atoms with Crippen LogP contribution in [0.3, 0.4) is 0 Å². The highest BCUT2D eigenvalue weighted by molar-refractivity contribution is 5.49. The van der Waals surface area contributed by atoms with Crippen LogP contribution in [-0.2, 0) is 4.79 Å². The summed E-state index contributed by atoms with van der Waals surface area (Å²) in [5.74, 6) is 0.414. The fourth-order valence-electron chi connectivity index (χ4n) is 0.861. The Bertz CT molecular complexity index is 140. The molecule has 1 unspecified atom stereocenters. The zero-order chi connectivity index (χ0) is 8.85. The lowest BCUT2D eigenvalue weighted by Gasteiger charge is -2.16. The van der Waals surface area contributed by atoms with E-state index in [0.29, 0.717) is 12.3 Å². The molecule has 0 spiro atoms. The Morgan fingerprint density at radius 1 is 1.64 bits per heavy atom. The van der Waals surface area contributed by atoms with Gasteiger partial charge < -0.3 is 10.5 Å². The molecule has 2 nitrogen and oxygen atoms in total. The molecular formula is C9H17NO. The summed E-state index contributed by atoms with van der Waals surface area (Å²) in [6.07, 6.45) is 2.15. The van der Waals surface area contributed by atoms with Crippen LogP contribution in [-0.4, -0.2) is 12.3 Å². The van der Waals surface area contributed by atoms with Gasteiger partial charge in [-0.2, -0.15) is 0 Å². The van der Waals surface area contributed by atoms with Crippen LogP contribution < -0.4 is 5.73 Å². The van der Waals surface area contributed by atoms with Crippen molar-refractivity contribution in [2.75, 3.05) is 0 Å². The van der Waals surface area contributed by atoms with Crippen molar-refractivity contribution in [3.63, 3.8) is 0 Å². The normalized spacial score (nSPS) is 13.1. The summed E-state index contributed by atoms with van der Waals surface area (Å²) in [6, 6.07) is -0.0137. The predicted molar refractivity (Wildman–Crippen MR) is 47.3 cm³/mol. The van der Waals surface area contributed by atoms with Crippen molar-refractivity contribution in [1.29, 1.82) is 0 Å². The van der Waals surface area contributed by atoms with Crippen LogP contribution in [0, 0.1) is 5.92 Å². The van der Waals surface area contributed by atoms with E-state index in [4.69, 9.17) is 5.73 Å². The maximum absolute atomic E-state index is 10.0. The molecule has 0 amide bonds. The average molecular weight is 155 g/mol. The molecule has 0 heterocycles. The Morgan fingerprint density at radius 2 is 2.18 bits per heavy atom.